The van der Waals surface area contributed by atoms with Gasteiger partial charge in [0.05, 0.1) is 23.2 Å². The molecule has 2 aromatic rings. The van der Waals surface area contributed by atoms with Crippen LogP contribution in [0.3, 0.4) is 0 Å². The summed E-state index contributed by atoms with van der Waals surface area (Å²) in [6.07, 6.45) is -8.97. The van der Waals surface area contributed by atoms with Crippen LogP contribution in [0.4, 0.5) is 35.5 Å². The van der Waals surface area contributed by atoms with Crippen molar-refractivity contribution in [2.24, 2.45) is 5.92 Å². The molecule has 2 aromatic carbocycles. The van der Waals surface area contributed by atoms with Crippen molar-refractivity contribution in [3.8, 4) is 0 Å². The minimum Gasteiger partial charge on any atom is -0.340 e. The molecule has 0 bridgehead atoms. The van der Waals surface area contributed by atoms with E-state index in [9.17, 15) is 40.3 Å². The molecule has 2 heterocycles. The van der Waals surface area contributed by atoms with E-state index < -0.39 is 47.4 Å². The van der Waals surface area contributed by atoms with Crippen LogP contribution in [0, 0.1) is 18.7 Å². The summed E-state index contributed by atoms with van der Waals surface area (Å²) in [6, 6.07) is 3.46. The van der Waals surface area contributed by atoms with Crippen molar-refractivity contribution in [1.82, 2.24) is 19.6 Å². The fourth-order valence-corrected chi connectivity index (χ4v) is 6.30. The molecule has 6 nitrogen and oxygen atoms in total. The second-order valence-electron chi connectivity index (χ2n) is 12.3. The second kappa shape index (κ2) is 13.2. The number of likely N-dealkylation sites (tertiary alicyclic amines) is 1. The lowest BCUT2D eigenvalue weighted by molar-refractivity contribution is -0.143. The number of rotatable bonds is 5. The van der Waals surface area contributed by atoms with Gasteiger partial charge in [-0.15, -0.1) is 0 Å². The lowest BCUT2D eigenvalue weighted by atomic mass is 9.88. The van der Waals surface area contributed by atoms with Gasteiger partial charge in [-0.3, -0.25) is 9.69 Å². The zero-order valence-corrected chi connectivity index (χ0v) is 26.0. The molecule has 0 spiro atoms. The number of nitrogens with zero attached hydrogens (tertiary/aromatic N) is 4. The molecule has 248 valence electrons. The Morgan fingerprint density at radius 2 is 1.44 bits per heavy atom. The van der Waals surface area contributed by atoms with Crippen molar-refractivity contribution in [1.29, 1.82) is 0 Å². The van der Waals surface area contributed by atoms with Crippen LogP contribution in [0.15, 0.2) is 36.4 Å². The first kappa shape index (κ1) is 34.5. The first-order valence-electron chi connectivity index (χ1n) is 15.0. The third-order valence-electron chi connectivity index (χ3n) is 9.02. The van der Waals surface area contributed by atoms with Crippen LogP contribution in [0.1, 0.15) is 73.5 Å². The van der Waals surface area contributed by atoms with Gasteiger partial charge in [-0.2, -0.15) is 26.3 Å². The first-order chi connectivity index (χ1) is 20.9. The fraction of sp³-hybridized carbons (Fsp3) is 0.562. The Morgan fingerprint density at radius 1 is 0.867 bits per heavy atom. The predicted molar refractivity (Wildman–Crippen MR) is 155 cm³/mol. The Hall–Kier alpha value is -3.35. The van der Waals surface area contributed by atoms with Crippen molar-refractivity contribution in [2.75, 3.05) is 39.8 Å². The van der Waals surface area contributed by atoms with Gasteiger partial charge in [-0.25, -0.2) is 9.18 Å². The molecule has 0 radical (unpaired) electrons. The summed E-state index contributed by atoms with van der Waals surface area (Å²) in [5.74, 6) is -0.453. The number of alkyl halides is 6. The minimum absolute atomic E-state index is 0.0420. The lowest BCUT2D eigenvalue weighted by Crippen LogP contribution is -2.56. The molecule has 4 rings (SSSR count). The van der Waals surface area contributed by atoms with Crippen LogP contribution in [-0.4, -0.2) is 77.4 Å². The highest BCUT2D eigenvalue weighted by atomic mass is 19.4. The average Bonchev–Trinajstić information content (AvgIpc) is 2.98. The number of aryl methyl sites for hydroxylation is 1. The monoisotopic (exact) mass is 644 g/mol. The molecular weight excluding hydrogens is 605 g/mol. The summed E-state index contributed by atoms with van der Waals surface area (Å²) >= 11 is 0. The maximum atomic E-state index is 14.1. The number of urea groups is 1. The average molecular weight is 645 g/mol. The van der Waals surface area contributed by atoms with E-state index in [2.05, 4.69) is 4.90 Å². The SMILES string of the molecule is Cc1cc(F)ccc1[C@H]1C[C@@H](N2CCN(C(=O)C(C)C)CC2)CCN1C(=O)N(C)[C@H](C)c1cc(C(F)(F)F)cc(C(F)(F)F)c1. The standard InChI is InChI=1S/C32H39F7N4O2/c1-19(2)29(44)42-12-10-41(11-13-42)26-8-9-43(28(18-26)27-7-6-25(33)14-20(27)3)30(45)40(5)21(4)22-15-23(31(34,35)36)17-24(16-22)32(37,38)39/h6-7,14-17,19,21,26,28H,8-13,18H2,1-5H3/t21-,26+,28-/m1/s1. The molecule has 0 aromatic heterocycles. The smallest absolute Gasteiger partial charge is 0.340 e. The Kier molecular flexibility index (Phi) is 10.1. The number of piperazine rings is 1. The van der Waals surface area contributed by atoms with Crippen LogP contribution in [0.25, 0.3) is 0 Å². The molecule has 13 heteroatoms. The van der Waals surface area contributed by atoms with Crippen molar-refractivity contribution >= 4 is 11.9 Å². The largest absolute Gasteiger partial charge is 0.416 e. The summed E-state index contributed by atoms with van der Waals surface area (Å²) in [5, 5.41) is 0. The van der Waals surface area contributed by atoms with E-state index in [1.165, 1.54) is 26.1 Å². The molecule has 2 aliphatic rings. The van der Waals surface area contributed by atoms with Crippen molar-refractivity contribution in [2.45, 2.75) is 71.0 Å². The van der Waals surface area contributed by atoms with E-state index in [0.29, 0.717) is 62.3 Å². The summed E-state index contributed by atoms with van der Waals surface area (Å²) in [5.41, 5.74) is -1.87. The van der Waals surface area contributed by atoms with E-state index in [4.69, 9.17) is 0 Å². The van der Waals surface area contributed by atoms with Gasteiger partial charge in [0.2, 0.25) is 5.91 Å². The predicted octanol–water partition coefficient (Wildman–Crippen LogP) is 7.29. The molecule has 0 N–H and O–H groups in total. The van der Waals surface area contributed by atoms with Crippen molar-refractivity contribution in [3.05, 3.63) is 70.0 Å². The molecular formula is C32H39F7N4O2. The van der Waals surface area contributed by atoms with Gasteiger partial charge in [0.1, 0.15) is 5.82 Å². The Morgan fingerprint density at radius 3 is 1.96 bits per heavy atom. The zero-order chi connectivity index (χ0) is 33.4. The van der Waals surface area contributed by atoms with Gasteiger partial charge < -0.3 is 14.7 Å². The summed E-state index contributed by atoms with van der Waals surface area (Å²) in [6.45, 7) is 9.56. The number of hydrogen-bond donors (Lipinski definition) is 0. The van der Waals surface area contributed by atoms with E-state index in [0.717, 1.165) is 4.90 Å². The number of halogens is 7. The zero-order valence-electron chi connectivity index (χ0n) is 26.0. The highest BCUT2D eigenvalue weighted by Crippen LogP contribution is 2.40. The number of amides is 3. The van der Waals surface area contributed by atoms with Crippen LogP contribution >= 0.6 is 0 Å². The quantitative estimate of drug-likeness (QED) is 0.322. The van der Waals surface area contributed by atoms with Crippen LogP contribution in [0.2, 0.25) is 0 Å². The van der Waals surface area contributed by atoms with Crippen molar-refractivity contribution < 1.29 is 40.3 Å². The van der Waals surface area contributed by atoms with Crippen LogP contribution in [0.5, 0.6) is 0 Å². The summed E-state index contributed by atoms with van der Waals surface area (Å²) in [7, 11) is 1.35. The molecule has 0 saturated carbocycles. The lowest BCUT2D eigenvalue weighted by Gasteiger charge is -2.47. The third-order valence-corrected chi connectivity index (χ3v) is 9.02. The fourth-order valence-electron chi connectivity index (χ4n) is 6.30. The maximum Gasteiger partial charge on any atom is 0.416 e. The Labute approximate surface area is 258 Å². The molecule has 2 fully saturated rings. The highest BCUT2D eigenvalue weighted by molar-refractivity contribution is 5.78. The third kappa shape index (κ3) is 7.73. The molecule has 3 atom stereocenters. The van der Waals surface area contributed by atoms with Gasteiger partial charge in [0.25, 0.3) is 0 Å². The van der Waals surface area contributed by atoms with Gasteiger partial charge >= 0.3 is 18.4 Å². The van der Waals surface area contributed by atoms with Crippen LogP contribution < -0.4 is 0 Å². The van der Waals surface area contributed by atoms with Crippen molar-refractivity contribution in [3.63, 3.8) is 0 Å². The van der Waals surface area contributed by atoms with Gasteiger partial charge in [-0.1, -0.05) is 19.9 Å². The summed E-state index contributed by atoms with van der Waals surface area (Å²) < 4.78 is 95.3. The second-order valence-corrected chi connectivity index (χ2v) is 12.3. The van der Waals surface area contributed by atoms with Gasteiger partial charge in [0, 0.05) is 51.7 Å². The van der Waals surface area contributed by atoms with E-state index in [1.54, 1.807) is 17.9 Å². The van der Waals surface area contributed by atoms with Gasteiger partial charge in [0.15, 0.2) is 0 Å². The van der Waals surface area contributed by atoms with Crippen LogP contribution in [-0.2, 0) is 17.1 Å². The van der Waals surface area contributed by atoms with E-state index in [-0.39, 0.29) is 36.0 Å². The van der Waals surface area contributed by atoms with Gasteiger partial charge in [-0.05, 0) is 73.7 Å². The topological polar surface area (TPSA) is 47.1 Å². The van der Waals surface area contributed by atoms with E-state index in [1.807, 2.05) is 18.7 Å². The minimum atomic E-state index is -5.01. The number of carbonyl (C=O) groups is 2. The van der Waals surface area contributed by atoms with E-state index >= 15 is 0 Å². The number of benzene rings is 2. The number of piperidine rings is 1. The number of hydrogen-bond acceptors (Lipinski definition) is 3. The molecule has 2 aliphatic heterocycles. The Bertz CT molecular complexity index is 1350. The first-order valence-corrected chi connectivity index (χ1v) is 15.0. The summed E-state index contributed by atoms with van der Waals surface area (Å²) in [4.78, 5) is 33.3. The highest BCUT2D eigenvalue weighted by Gasteiger charge is 2.41. The molecule has 0 aliphatic carbocycles. The molecule has 3 amide bonds. The maximum absolute atomic E-state index is 14.1. The Balaban J connectivity index is 1.60. The normalized spacial score (nSPS) is 20.8. The number of carbonyl (C=O) groups excluding carboxylic acids is 2. The molecule has 0 unspecified atom stereocenters. The molecule has 45 heavy (non-hydrogen) atoms. The molecule has 2 saturated heterocycles.